The number of esters is 1. The second-order valence-electron chi connectivity index (χ2n) is 4.76. The Labute approximate surface area is 141 Å². The minimum absolute atomic E-state index is 0.309. The highest BCUT2D eigenvalue weighted by molar-refractivity contribution is 7.22. The predicted octanol–water partition coefficient (Wildman–Crippen LogP) is 3.72. The number of furan rings is 1. The molecular weight excluding hydrogens is 328 g/mol. The third-order valence-electron chi connectivity index (χ3n) is 3.07. The maximum atomic E-state index is 11.9. The van der Waals surface area contributed by atoms with Crippen LogP contribution in [0.2, 0.25) is 0 Å². The van der Waals surface area contributed by atoms with Gasteiger partial charge in [0, 0.05) is 6.08 Å². The number of hydrogen-bond acceptors (Lipinski definition) is 6. The zero-order chi connectivity index (χ0) is 16.9. The van der Waals surface area contributed by atoms with E-state index in [4.69, 9.17) is 9.15 Å². The van der Waals surface area contributed by atoms with Crippen LogP contribution in [0.5, 0.6) is 0 Å². The third kappa shape index (κ3) is 3.69. The van der Waals surface area contributed by atoms with Gasteiger partial charge in [-0.2, -0.15) is 0 Å². The van der Waals surface area contributed by atoms with Gasteiger partial charge in [0.15, 0.2) is 5.13 Å². The molecular formula is C17H14N2O4S. The average molecular weight is 342 g/mol. The lowest BCUT2D eigenvalue weighted by atomic mass is 10.2. The van der Waals surface area contributed by atoms with Crippen LogP contribution in [-0.2, 0) is 9.53 Å². The molecule has 0 spiro atoms. The molecule has 1 aromatic carbocycles. The van der Waals surface area contributed by atoms with Gasteiger partial charge in [-0.3, -0.25) is 10.1 Å². The summed E-state index contributed by atoms with van der Waals surface area (Å²) in [6.07, 6.45) is 4.47. The van der Waals surface area contributed by atoms with Gasteiger partial charge in [0.2, 0.25) is 5.91 Å². The highest BCUT2D eigenvalue weighted by Gasteiger charge is 2.11. The van der Waals surface area contributed by atoms with Gasteiger partial charge in [0.1, 0.15) is 5.76 Å². The molecule has 6 nitrogen and oxygen atoms in total. The first-order valence-electron chi connectivity index (χ1n) is 7.26. The first kappa shape index (κ1) is 15.9. The van der Waals surface area contributed by atoms with Crippen LogP contribution in [0.25, 0.3) is 16.3 Å². The molecule has 2 heterocycles. The monoisotopic (exact) mass is 342 g/mol. The van der Waals surface area contributed by atoms with Gasteiger partial charge < -0.3 is 9.15 Å². The van der Waals surface area contributed by atoms with E-state index in [2.05, 4.69) is 10.3 Å². The second kappa shape index (κ2) is 7.10. The van der Waals surface area contributed by atoms with E-state index in [-0.39, 0.29) is 11.9 Å². The number of carbonyl (C=O) groups is 2. The van der Waals surface area contributed by atoms with Crippen LogP contribution in [-0.4, -0.2) is 23.5 Å². The van der Waals surface area contributed by atoms with Crippen LogP contribution >= 0.6 is 11.3 Å². The van der Waals surface area contributed by atoms with Crippen molar-refractivity contribution in [3.05, 3.63) is 54.0 Å². The Hall–Kier alpha value is -2.93. The number of nitrogens with one attached hydrogen (secondary N) is 1. The highest BCUT2D eigenvalue weighted by Crippen LogP contribution is 2.27. The summed E-state index contributed by atoms with van der Waals surface area (Å²) in [5.74, 6) is -0.0932. The van der Waals surface area contributed by atoms with Crippen molar-refractivity contribution in [1.82, 2.24) is 4.98 Å². The minimum Gasteiger partial charge on any atom is -0.465 e. The fourth-order valence-electron chi connectivity index (χ4n) is 2.01. The van der Waals surface area contributed by atoms with Gasteiger partial charge in [-0.1, -0.05) is 11.3 Å². The molecule has 0 saturated heterocycles. The zero-order valence-electron chi connectivity index (χ0n) is 12.8. The Balaban J connectivity index is 1.73. The first-order chi connectivity index (χ1) is 11.7. The number of fused-ring (bicyclic) bond motifs is 1. The number of amides is 1. The molecule has 2 aromatic heterocycles. The largest absolute Gasteiger partial charge is 0.465 e. The Morgan fingerprint density at radius 1 is 1.38 bits per heavy atom. The summed E-state index contributed by atoms with van der Waals surface area (Å²) in [5, 5.41) is 3.15. The maximum absolute atomic E-state index is 11.9. The fourth-order valence-corrected chi connectivity index (χ4v) is 2.92. The summed E-state index contributed by atoms with van der Waals surface area (Å²) in [7, 11) is 0. The van der Waals surface area contributed by atoms with Gasteiger partial charge in [-0.25, -0.2) is 9.78 Å². The van der Waals surface area contributed by atoms with E-state index in [9.17, 15) is 9.59 Å². The Morgan fingerprint density at radius 2 is 2.25 bits per heavy atom. The quantitative estimate of drug-likeness (QED) is 0.564. The molecule has 0 aliphatic carbocycles. The molecule has 24 heavy (non-hydrogen) atoms. The van der Waals surface area contributed by atoms with Crippen molar-refractivity contribution < 1.29 is 18.7 Å². The molecule has 3 aromatic rings. The molecule has 0 aliphatic heterocycles. The van der Waals surface area contributed by atoms with Crippen LogP contribution < -0.4 is 5.32 Å². The Morgan fingerprint density at radius 3 is 3.00 bits per heavy atom. The van der Waals surface area contributed by atoms with Gasteiger partial charge in [0.25, 0.3) is 0 Å². The number of thiazole rings is 1. The molecule has 3 rings (SSSR count). The maximum Gasteiger partial charge on any atom is 0.338 e. The number of aromatic nitrogens is 1. The smallest absolute Gasteiger partial charge is 0.338 e. The number of ether oxygens (including phenoxy) is 1. The molecule has 0 aliphatic rings. The lowest BCUT2D eigenvalue weighted by Gasteiger charge is -2.00. The van der Waals surface area contributed by atoms with Gasteiger partial charge >= 0.3 is 5.97 Å². The highest BCUT2D eigenvalue weighted by atomic mass is 32.1. The molecule has 0 atom stereocenters. The summed E-state index contributed by atoms with van der Waals surface area (Å²) in [6.45, 7) is 2.08. The summed E-state index contributed by atoms with van der Waals surface area (Å²) in [6, 6.07) is 8.58. The van der Waals surface area contributed by atoms with Crippen LogP contribution in [0.15, 0.2) is 47.1 Å². The number of carbonyl (C=O) groups excluding carboxylic acids is 2. The molecule has 0 unspecified atom stereocenters. The minimum atomic E-state index is -0.375. The van der Waals surface area contributed by atoms with Crippen molar-refractivity contribution in [1.29, 1.82) is 0 Å². The molecule has 0 bridgehead atoms. The summed E-state index contributed by atoms with van der Waals surface area (Å²) in [4.78, 5) is 28.0. The van der Waals surface area contributed by atoms with Crippen molar-refractivity contribution in [2.24, 2.45) is 0 Å². The number of hydrogen-bond donors (Lipinski definition) is 1. The van der Waals surface area contributed by atoms with Crippen molar-refractivity contribution in [2.75, 3.05) is 11.9 Å². The average Bonchev–Trinajstić information content (AvgIpc) is 3.21. The van der Waals surface area contributed by atoms with Crippen LogP contribution in [0, 0.1) is 0 Å². The van der Waals surface area contributed by atoms with E-state index >= 15 is 0 Å². The van der Waals surface area contributed by atoms with Crippen molar-refractivity contribution in [3.8, 4) is 0 Å². The lowest BCUT2D eigenvalue weighted by molar-refractivity contribution is -0.111. The molecule has 0 saturated carbocycles. The van der Waals surface area contributed by atoms with Crippen molar-refractivity contribution in [2.45, 2.75) is 6.92 Å². The number of benzene rings is 1. The number of rotatable bonds is 5. The summed E-state index contributed by atoms with van der Waals surface area (Å²) in [5.41, 5.74) is 1.17. The molecule has 0 radical (unpaired) electrons. The van der Waals surface area contributed by atoms with Gasteiger partial charge in [0.05, 0.1) is 28.7 Å². The number of nitrogens with zero attached hydrogens (tertiary/aromatic N) is 1. The topological polar surface area (TPSA) is 81.4 Å². The Kier molecular flexibility index (Phi) is 4.72. The number of anilines is 1. The van der Waals surface area contributed by atoms with Crippen LogP contribution in [0.3, 0.4) is 0 Å². The van der Waals surface area contributed by atoms with Gasteiger partial charge in [-0.15, -0.1) is 0 Å². The van der Waals surface area contributed by atoms with E-state index in [0.29, 0.717) is 28.6 Å². The standard InChI is InChI=1S/C17H14N2O4S/c1-2-22-16(21)11-5-7-13-14(10-11)24-17(18-13)19-15(20)8-6-12-4-3-9-23-12/h3-10H,2H2,1H3,(H,18,19,20). The second-order valence-corrected chi connectivity index (χ2v) is 5.79. The molecule has 1 N–H and O–H groups in total. The molecule has 122 valence electrons. The van der Waals surface area contributed by atoms with E-state index in [1.54, 1.807) is 43.3 Å². The fraction of sp³-hybridized carbons (Fsp3) is 0.118. The van der Waals surface area contributed by atoms with Crippen LogP contribution in [0.1, 0.15) is 23.0 Å². The van der Waals surface area contributed by atoms with Crippen molar-refractivity contribution >= 4 is 44.6 Å². The molecule has 7 heteroatoms. The van der Waals surface area contributed by atoms with Crippen molar-refractivity contribution in [3.63, 3.8) is 0 Å². The zero-order valence-corrected chi connectivity index (χ0v) is 13.6. The lowest BCUT2D eigenvalue weighted by Crippen LogP contribution is -2.07. The normalized spacial score (nSPS) is 11.0. The Bertz CT molecular complexity index is 897. The van der Waals surface area contributed by atoms with E-state index in [1.165, 1.54) is 23.7 Å². The molecule has 1 amide bonds. The third-order valence-corrected chi connectivity index (χ3v) is 4.01. The summed E-state index contributed by atoms with van der Waals surface area (Å²) < 4.78 is 10.9. The SMILES string of the molecule is CCOC(=O)c1ccc2nc(NC(=O)C=Cc3ccco3)sc2c1. The van der Waals surface area contributed by atoms with E-state index in [1.807, 2.05) is 0 Å². The summed E-state index contributed by atoms with van der Waals surface area (Å²) >= 11 is 1.29. The molecule has 0 fully saturated rings. The predicted molar refractivity (Wildman–Crippen MR) is 91.9 cm³/mol. The van der Waals surface area contributed by atoms with E-state index < -0.39 is 0 Å². The first-order valence-corrected chi connectivity index (χ1v) is 8.07. The van der Waals surface area contributed by atoms with E-state index in [0.717, 1.165) is 4.70 Å². The van der Waals surface area contributed by atoms with Crippen LogP contribution in [0.4, 0.5) is 5.13 Å². The van der Waals surface area contributed by atoms with Gasteiger partial charge in [-0.05, 0) is 43.3 Å².